The smallest absolute Gasteiger partial charge is 0.266 e. The van der Waals surface area contributed by atoms with E-state index in [4.69, 9.17) is 22.1 Å². The van der Waals surface area contributed by atoms with E-state index >= 15 is 0 Å². The van der Waals surface area contributed by atoms with E-state index in [0.29, 0.717) is 0 Å². The normalized spacial score (nSPS) is 16.4. The molecule has 0 aliphatic heterocycles. The molecule has 0 saturated carbocycles. The third-order valence-corrected chi connectivity index (χ3v) is 7.74. The van der Waals surface area contributed by atoms with Crippen LogP contribution < -0.4 is 15.2 Å². The monoisotopic (exact) mass is 555 g/mol. The summed E-state index contributed by atoms with van der Waals surface area (Å²) in [4.78, 5) is 3.25. The molecule has 1 aromatic heterocycles. The van der Waals surface area contributed by atoms with Gasteiger partial charge in [-0.2, -0.15) is 0 Å². The lowest BCUT2D eigenvalue weighted by Gasteiger charge is -2.30. The van der Waals surface area contributed by atoms with Crippen molar-refractivity contribution < 1.29 is 21.9 Å². The van der Waals surface area contributed by atoms with E-state index in [0.717, 1.165) is 49.1 Å². The summed E-state index contributed by atoms with van der Waals surface area (Å²) < 4.78 is 61.5. The molecule has 0 amide bonds. The molecule has 36 heavy (non-hydrogen) atoms. The van der Waals surface area contributed by atoms with Gasteiger partial charge in [-0.15, -0.1) is 11.3 Å². The van der Waals surface area contributed by atoms with Crippen LogP contribution in [0.15, 0.2) is 58.3 Å². The van der Waals surface area contributed by atoms with Crippen molar-refractivity contribution in [1.82, 2.24) is 4.98 Å². The number of allylic oxidation sites excluding steroid dienone is 1. The Hall–Kier alpha value is -2.53. The fraction of sp³-hybridized carbons (Fsp3) is 0.320. The maximum Gasteiger partial charge on any atom is 0.266 e. The predicted molar refractivity (Wildman–Crippen MR) is 141 cm³/mol. The van der Waals surface area contributed by atoms with Crippen molar-refractivity contribution in [3.8, 4) is 5.75 Å². The maximum atomic E-state index is 14.8. The van der Waals surface area contributed by atoms with Crippen molar-refractivity contribution in [2.45, 2.75) is 44.1 Å². The number of halogens is 3. The molecule has 6 nitrogen and oxygen atoms in total. The van der Waals surface area contributed by atoms with Crippen molar-refractivity contribution in [2.75, 3.05) is 11.3 Å². The van der Waals surface area contributed by atoms with Crippen molar-refractivity contribution in [3.05, 3.63) is 75.6 Å². The number of benzene rings is 2. The van der Waals surface area contributed by atoms with E-state index in [1.54, 1.807) is 12.1 Å². The third-order valence-electron chi connectivity index (χ3n) is 5.49. The molecular weight excluding hydrogens is 528 g/mol. The molecule has 2 aromatic carbocycles. The van der Waals surface area contributed by atoms with Crippen LogP contribution in [-0.4, -0.2) is 26.1 Å². The fourth-order valence-corrected chi connectivity index (χ4v) is 5.83. The minimum atomic E-state index is -4.21. The number of rotatable bonds is 7. The molecule has 0 spiro atoms. The van der Waals surface area contributed by atoms with Gasteiger partial charge in [0, 0.05) is 17.4 Å². The van der Waals surface area contributed by atoms with Crippen LogP contribution >= 0.6 is 22.9 Å². The molecule has 3 aromatic rings. The number of hydrogen-bond donors (Lipinski definition) is 2. The molecule has 3 N–H and O–H groups in total. The van der Waals surface area contributed by atoms with E-state index in [-0.39, 0.29) is 34.4 Å². The first-order valence-corrected chi connectivity index (χ1v) is 14.2. The zero-order valence-electron chi connectivity index (χ0n) is 19.9. The van der Waals surface area contributed by atoms with Crippen LogP contribution in [0.1, 0.15) is 38.7 Å². The number of nitrogens with one attached hydrogen (secondary N) is 1. The number of aromatic nitrogens is 1. The Bertz CT molecular complexity index is 1280. The van der Waals surface area contributed by atoms with Crippen molar-refractivity contribution in [1.29, 1.82) is 0 Å². The van der Waals surface area contributed by atoms with Crippen molar-refractivity contribution in [2.24, 2.45) is 11.7 Å². The molecule has 4 rings (SSSR count). The predicted octanol–water partition coefficient (Wildman–Crippen LogP) is 6.49. The summed E-state index contributed by atoms with van der Waals surface area (Å²) in [7, 11) is -4.21. The minimum absolute atomic E-state index is 0.0157. The van der Waals surface area contributed by atoms with Crippen LogP contribution in [0, 0.1) is 17.6 Å². The van der Waals surface area contributed by atoms with Crippen LogP contribution in [0.3, 0.4) is 0 Å². The highest BCUT2D eigenvalue weighted by Crippen LogP contribution is 2.38. The molecule has 0 fully saturated rings. The molecule has 0 saturated heterocycles. The topological polar surface area (TPSA) is 94.3 Å². The van der Waals surface area contributed by atoms with Crippen molar-refractivity contribution >= 4 is 44.4 Å². The molecule has 0 radical (unpaired) electrons. The summed E-state index contributed by atoms with van der Waals surface area (Å²) in [5.74, 6) is -1.15. The Morgan fingerprint density at radius 3 is 2.61 bits per heavy atom. The van der Waals surface area contributed by atoms with E-state index in [2.05, 4.69) is 15.8 Å². The minimum Gasteiger partial charge on any atom is -0.488 e. The molecule has 1 aliphatic rings. The number of hydrogen-bond acceptors (Lipinski definition) is 6. The highest BCUT2D eigenvalue weighted by atomic mass is 35.5. The van der Waals surface area contributed by atoms with E-state index in [1.165, 1.54) is 34.4 Å². The summed E-state index contributed by atoms with van der Waals surface area (Å²) in [5.41, 5.74) is 8.25. The molecule has 0 bridgehead atoms. The van der Waals surface area contributed by atoms with Crippen LogP contribution in [-0.2, 0) is 10.0 Å². The molecule has 2 atom stereocenters. The van der Waals surface area contributed by atoms with Crippen LogP contribution in [0.2, 0.25) is 5.02 Å². The van der Waals surface area contributed by atoms with Gasteiger partial charge in [0.1, 0.15) is 28.4 Å². The largest absolute Gasteiger partial charge is 0.488 e. The Morgan fingerprint density at radius 2 is 1.97 bits per heavy atom. The van der Waals surface area contributed by atoms with Gasteiger partial charge < -0.3 is 10.5 Å². The van der Waals surface area contributed by atoms with Gasteiger partial charge in [-0.05, 0) is 62.1 Å². The van der Waals surface area contributed by atoms with Gasteiger partial charge >= 0.3 is 0 Å². The highest BCUT2D eigenvalue weighted by Gasteiger charge is 2.28. The second-order valence-corrected chi connectivity index (χ2v) is 10.9. The van der Waals surface area contributed by atoms with Gasteiger partial charge in [0.25, 0.3) is 10.0 Å². The number of thiazole rings is 1. The Balaban J connectivity index is 0.00000115. The Labute approximate surface area is 219 Å². The van der Waals surface area contributed by atoms with Gasteiger partial charge in [-0.3, -0.25) is 4.72 Å². The molecule has 194 valence electrons. The number of nitrogens with zero attached hydrogens (tertiary/aromatic N) is 1. The summed E-state index contributed by atoms with van der Waals surface area (Å²) >= 11 is 7.49. The second kappa shape index (κ2) is 12.6. The average Bonchev–Trinajstić information content (AvgIpc) is 3.34. The maximum absolute atomic E-state index is 14.8. The van der Waals surface area contributed by atoms with Crippen molar-refractivity contribution in [3.63, 3.8) is 0 Å². The van der Waals surface area contributed by atoms with Crippen LogP contribution in [0.5, 0.6) is 5.75 Å². The number of sulfonamides is 1. The molecule has 1 heterocycles. The number of nitrogens with two attached hydrogens (primary N) is 1. The lowest BCUT2D eigenvalue weighted by Crippen LogP contribution is -2.27. The lowest BCUT2D eigenvalue weighted by molar-refractivity contribution is 0.170. The first-order chi connectivity index (χ1) is 17.2. The molecule has 1 aliphatic carbocycles. The number of ether oxygens (including phenoxy) is 1. The molecular formula is C25H28ClF2N3O3S2. The van der Waals surface area contributed by atoms with E-state index in [1.807, 2.05) is 13.8 Å². The molecule has 2 unspecified atom stereocenters. The summed E-state index contributed by atoms with van der Waals surface area (Å²) in [6, 6.07) is 8.31. The summed E-state index contributed by atoms with van der Waals surface area (Å²) in [6.07, 6.45) is 4.45. The summed E-state index contributed by atoms with van der Waals surface area (Å²) in [6.45, 7) is 4.51. The lowest BCUT2D eigenvalue weighted by atomic mass is 9.80. The highest BCUT2D eigenvalue weighted by molar-refractivity contribution is 7.92. The van der Waals surface area contributed by atoms with Gasteiger partial charge in [0.2, 0.25) is 0 Å². The van der Waals surface area contributed by atoms with E-state index in [9.17, 15) is 17.2 Å². The summed E-state index contributed by atoms with van der Waals surface area (Å²) in [5, 5.41) is 1.47. The zero-order chi connectivity index (χ0) is 26.3. The number of anilines is 1. The van der Waals surface area contributed by atoms with Crippen LogP contribution in [0.25, 0.3) is 5.57 Å². The second-order valence-electron chi connectivity index (χ2n) is 8.13. The van der Waals surface area contributed by atoms with Gasteiger partial charge in [-0.25, -0.2) is 22.2 Å². The SMILES string of the molecule is CC(Oc1cc(F)c(S(=O)(=O)Nc2cscn2)cc1Cl)C1CCCC=C1c1ccc(F)cc1.CCN. The van der Waals surface area contributed by atoms with Crippen LogP contribution in [0.4, 0.5) is 14.6 Å². The fourth-order valence-electron chi connectivity index (χ4n) is 3.91. The van der Waals surface area contributed by atoms with Gasteiger partial charge in [0.15, 0.2) is 5.82 Å². The first-order valence-electron chi connectivity index (χ1n) is 11.4. The Kier molecular flexibility index (Phi) is 9.84. The average molecular weight is 556 g/mol. The van der Waals surface area contributed by atoms with E-state index < -0.39 is 20.7 Å². The quantitative estimate of drug-likeness (QED) is 0.347. The first kappa shape index (κ1) is 28.0. The zero-order valence-corrected chi connectivity index (χ0v) is 22.3. The molecule has 11 heteroatoms. The standard InChI is InChI=1S/C23H21ClF2N2O3S2.C2H7N/c1-14(17-4-2-3-5-18(17)15-6-8-16(25)9-7-15)31-21-11-20(26)22(10-19(21)24)33(29,30)28-23-12-32-13-27-23;1-2-3/h5-14,17,28H,2-4H2,1H3;2-3H2,1H3. The Morgan fingerprint density at radius 1 is 1.28 bits per heavy atom. The van der Waals surface area contributed by atoms with Gasteiger partial charge in [-0.1, -0.05) is 36.7 Å². The van der Waals surface area contributed by atoms with Gasteiger partial charge in [0.05, 0.1) is 10.5 Å². The third kappa shape index (κ3) is 7.03.